The molecular weight excluding hydrogens is 250 g/mol. The zero-order chi connectivity index (χ0) is 15.0. The topological polar surface area (TPSA) is 71.1 Å². The van der Waals surface area contributed by atoms with Crippen LogP contribution in [0.25, 0.3) is 0 Å². The molecule has 0 spiro atoms. The Balaban J connectivity index is 2.70. The smallest absolute Gasteiger partial charge is 0.0766 e. The summed E-state index contributed by atoms with van der Waals surface area (Å²) in [7, 11) is 1.70. The van der Waals surface area contributed by atoms with E-state index in [1.807, 2.05) is 38.1 Å². The van der Waals surface area contributed by atoms with Gasteiger partial charge in [0.2, 0.25) is 0 Å². The third kappa shape index (κ3) is 4.84. The molecule has 4 nitrogen and oxygen atoms in total. The van der Waals surface area contributed by atoms with Crippen molar-refractivity contribution in [3.63, 3.8) is 0 Å². The standard InChI is InChI=1S/C16H25N3O/c1-16(2,12-18)13-6-8-14(9-7-13)19-15(11-20-3)5-4-10-17/h6-9,15,19H,4-5,10-11,17H2,1-3H3. The fourth-order valence-corrected chi connectivity index (χ4v) is 2.05. The average molecular weight is 275 g/mol. The molecule has 3 N–H and O–H groups in total. The minimum Gasteiger partial charge on any atom is -0.383 e. The van der Waals surface area contributed by atoms with Crippen LogP contribution in [-0.4, -0.2) is 26.3 Å². The number of rotatable bonds is 8. The first-order chi connectivity index (χ1) is 9.53. The molecule has 0 amide bonds. The van der Waals surface area contributed by atoms with Crippen LogP contribution in [-0.2, 0) is 10.2 Å². The van der Waals surface area contributed by atoms with E-state index in [0.717, 1.165) is 24.1 Å². The Morgan fingerprint density at radius 3 is 2.50 bits per heavy atom. The Bertz CT molecular complexity index is 434. The summed E-state index contributed by atoms with van der Waals surface area (Å²) >= 11 is 0. The lowest BCUT2D eigenvalue weighted by molar-refractivity contribution is 0.182. The molecule has 1 aromatic rings. The molecule has 0 aromatic heterocycles. The number of benzene rings is 1. The molecule has 0 fully saturated rings. The Labute approximate surface area is 121 Å². The third-order valence-corrected chi connectivity index (χ3v) is 3.38. The minimum absolute atomic E-state index is 0.262. The lowest BCUT2D eigenvalue weighted by atomic mass is 9.86. The number of hydrogen-bond donors (Lipinski definition) is 2. The SMILES string of the molecule is COCC(CCCN)Nc1ccc(C(C)(C)C#N)cc1. The van der Waals surface area contributed by atoms with Gasteiger partial charge >= 0.3 is 0 Å². The van der Waals surface area contributed by atoms with Crippen LogP contribution in [0.1, 0.15) is 32.3 Å². The maximum atomic E-state index is 9.14. The first kappa shape index (κ1) is 16.5. The number of methoxy groups -OCH3 is 1. The predicted octanol–water partition coefficient (Wildman–Crippen LogP) is 2.65. The fourth-order valence-electron chi connectivity index (χ4n) is 2.05. The van der Waals surface area contributed by atoms with Crippen molar-refractivity contribution in [1.29, 1.82) is 5.26 Å². The van der Waals surface area contributed by atoms with E-state index in [9.17, 15) is 0 Å². The molecule has 0 aliphatic heterocycles. The van der Waals surface area contributed by atoms with Crippen molar-refractivity contribution in [3.05, 3.63) is 29.8 Å². The van der Waals surface area contributed by atoms with E-state index < -0.39 is 5.41 Å². The summed E-state index contributed by atoms with van der Waals surface area (Å²) in [6.45, 7) is 5.19. The molecule has 0 bridgehead atoms. The minimum atomic E-state index is -0.454. The molecule has 0 saturated heterocycles. The van der Waals surface area contributed by atoms with Crippen molar-refractivity contribution in [1.82, 2.24) is 0 Å². The highest BCUT2D eigenvalue weighted by Gasteiger charge is 2.19. The van der Waals surface area contributed by atoms with E-state index in [2.05, 4.69) is 11.4 Å². The lowest BCUT2D eigenvalue weighted by Gasteiger charge is -2.20. The molecule has 0 aliphatic rings. The van der Waals surface area contributed by atoms with Crippen LogP contribution in [0.5, 0.6) is 0 Å². The van der Waals surface area contributed by atoms with E-state index in [1.165, 1.54) is 0 Å². The Morgan fingerprint density at radius 2 is 2.00 bits per heavy atom. The summed E-state index contributed by atoms with van der Waals surface area (Å²) in [5.41, 5.74) is 7.16. The molecule has 20 heavy (non-hydrogen) atoms. The fraction of sp³-hybridized carbons (Fsp3) is 0.562. The molecule has 0 aliphatic carbocycles. The number of nitriles is 1. The number of nitrogens with one attached hydrogen (secondary N) is 1. The van der Waals surface area contributed by atoms with Gasteiger partial charge in [-0.05, 0) is 50.9 Å². The Morgan fingerprint density at radius 1 is 1.35 bits per heavy atom. The van der Waals surface area contributed by atoms with Gasteiger partial charge in [0.25, 0.3) is 0 Å². The summed E-state index contributed by atoms with van der Waals surface area (Å²) in [6, 6.07) is 10.6. The van der Waals surface area contributed by atoms with Gasteiger partial charge in [-0.1, -0.05) is 12.1 Å². The molecule has 0 heterocycles. The maximum absolute atomic E-state index is 9.14. The molecular formula is C16H25N3O. The summed E-state index contributed by atoms with van der Waals surface area (Å²) in [6.07, 6.45) is 1.95. The lowest BCUT2D eigenvalue weighted by Crippen LogP contribution is -2.26. The van der Waals surface area contributed by atoms with Crippen molar-refractivity contribution in [2.75, 3.05) is 25.6 Å². The van der Waals surface area contributed by atoms with Crippen LogP contribution >= 0.6 is 0 Å². The average Bonchev–Trinajstić information content (AvgIpc) is 2.45. The van der Waals surface area contributed by atoms with Gasteiger partial charge < -0.3 is 15.8 Å². The molecule has 110 valence electrons. The first-order valence-corrected chi connectivity index (χ1v) is 7.01. The van der Waals surface area contributed by atoms with Crippen LogP contribution in [0.4, 0.5) is 5.69 Å². The van der Waals surface area contributed by atoms with Crippen molar-refractivity contribution in [2.45, 2.75) is 38.1 Å². The highest BCUT2D eigenvalue weighted by atomic mass is 16.5. The number of nitrogens with zero attached hydrogens (tertiary/aromatic N) is 1. The highest BCUT2D eigenvalue weighted by Crippen LogP contribution is 2.24. The van der Waals surface area contributed by atoms with Crippen molar-refractivity contribution >= 4 is 5.69 Å². The molecule has 0 radical (unpaired) electrons. The van der Waals surface area contributed by atoms with Gasteiger partial charge in [-0.25, -0.2) is 0 Å². The van der Waals surface area contributed by atoms with E-state index in [1.54, 1.807) is 7.11 Å². The largest absolute Gasteiger partial charge is 0.383 e. The molecule has 0 saturated carbocycles. The van der Waals surface area contributed by atoms with Gasteiger partial charge in [-0.2, -0.15) is 5.26 Å². The van der Waals surface area contributed by atoms with E-state index in [-0.39, 0.29) is 6.04 Å². The molecule has 1 unspecified atom stereocenters. The summed E-state index contributed by atoms with van der Waals surface area (Å²) in [4.78, 5) is 0. The second-order valence-corrected chi connectivity index (χ2v) is 5.54. The van der Waals surface area contributed by atoms with Crippen molar-refractivity contribution < 1.29 is 4.74 Å². The predicted molar refractivity (Wildman–Crippen MR) is 82.7 cm³/mol. The summed E-state index contributed by atoms with van der Waals surface area (Å²) in [5, 5.41) is 12.6. The van der Waals surface area contributed by atoms with Gasteiger partial charge in [0, 0.05) is 18.8 Å². The zero-order valence-corrected chi connectivity index (χ0v) is 12.6. The summed E-state index contributed by atoms with van der Waals surface area (Å²) < 4.78 is 5.22. The third-order valence-electron chi connectivity index (χ3n) is 3.38. The van der Waals surface area contributed by atoms with E-state index in [0.29, 0.717) is 13.2 Å². The van der Waals surface area contributed by atoms with Crippen LogP contribution in [0.2, 0.25) is 0 Å². The molecule has 1 rings (SSSR count). The zero-order valence-electron chi connectivity index (χ0n) is 12.6. The van der Waals surface area contributed by atoms with Gasteiger partial charge in [0.1, 0.15) is 0 Å². The number of hydrogen-bond acceptors (Lipinski definition) is 4. The Hall–Kier alpha value is -1.57. The van der Waals surface area contributed by atoms with Crippen LogP contribution in [0.3, 0.4) is 0 Å². The maximum Gasteiger partial charge on any atom is 0.0766 e. The van der Waals surface area contributed by atoms with E-state index in [4.69, 9.17) is 15.7 Å². The monoisotopic (exact) mass is 275 g/mol. The van der Waals surface area contributed by atoms with E-state index >= 15 is 0 Å². The van der Waals surface area contributed by atoms with Crippen LogP contribution in [0, 0.1) is 11.3 Å². The second kappa shape index (κ2) is 7.88. The number of ether oxygens (including phenoxy) is 1. The van der Waals surface area contributed by atoms with Crippen LogP contribution in [0.15, 0.2) is 24.3 Å². The van der Waals surface area contributed by atoms with Gasteiger partial charge in [0.05, 0.1) is 18.1 Å². The van der Waals surface area contributed by atoms with Crippen molar-refractivity contribution in [2.24, 2.45) is 5.73 Å². The highest BCUT2D eigenvalue weighted by molar-refractivity contribution is 5.47. The van der Waals surface area contributed by atoms with Crippen LogP contribution < -0.4 is 11.1 Å². The van der Waals surface area contributed by atoms with Gasteiger partial charge in [-0.15, -0.1) is 0 Å². The number of anilines is 1. The molecule has 1 aromatic carbocycles. The van der Waals surface area contributed by atoms with Crippen molar-refractivity contribution in [3.8, 4) is 6.07 Å². The molecule has 1 atom stereocenters. The second-order valence-electron chi connectivity index (χ2n) is 5.54. The number of nitrogens with two attached hydrogens (primary N) is 1. The summed E-state index contributed by atoms with van der Waals surface area (Å²) in [5.74, 6) is 0. The van der Waals surface area contributed by atoms with Gasteiger partial charge in [0.15, 0.2) is 0 Å². The quantitative estimate of drug-likeness (QED) is 0.765. The normalized spacial score (nSPS) is 12.8. The van der Waals surface area contributed by atoms with Gasteiger partial charge in [-0.3, -0.25) is 0 Å². The first-order valence-electron chi connectivity index (χ1n) is 7.01. The Kier molecular flexibility index (Phi) is 6.50. The molecule has 4 heteroatoms.